The Morgan fingerprint density at radius 1 is 1.60 bits per heavy atom. The normalized spacial score (nSPS) is 25.9. The van der Waals surface area contributed by atoms with Crippen LogP contribution in [0.25, 0.3) is 0 Å². The zero-order valence-electron chi connectivity index (χ0n) is 9.62. The fraction of sp³-hybridized carbons (Fsp3) is 0.800. The highest BCUT2D eigenvalue weighted by Gasteiger charge is 2.43. The number of methoxy groups -OCH3 is 1. The molecule has 0 aromatic carbocycles. The highest BCUT2D eigenvalue weighted by Crippen LogP contribution is 2.27. The van der Waals surface area contributed by atoms with Crippen LogP contribution in [0.4, 0.5) is 4.79 Å². The molecule has 0 bridgehead atoms. The van der Waals surface area contributed by atoms with Gasteiger partial charge in [-0.25, -0.2) is 4.79 Å². The summed E-state index contributed by atoms with van der Waals surface area (Å²) >= 11 is 0. The maximum Gasteiger partial charge on any atom is 0.346 e. The van der Waals surface area contributed by atoms with E-state index in [0.29, 0.717) is 19.0 Å². The van der Waals surface area contributed by atoms with Crippen molar-refractivity contribution in [1.82, 2.24) is 4.90 Å². The molecule has 1 atom stereocenters. The van der Waals surface area contributed by atoms with Crippen LogP contribution in [0.3, 0.4) is 0 Å². The number of rotatable bonds is 5. The predicted molar refractivity (Wildman–Crippen MR) is 58.9 cm³/mol. The van der Waals surface area contributed by atoms with Gasteiger partial charge in [0.05, 0.1) is 12.1 Å². The second-order valence-corrected chi connectivity index (χ2v) is 3.95. The molecule has 0 fully saturated rings. The van der Waals surface area contributed by atoms with Gasteiger partial charge in [-0.1, -0.05) is 13.3 Å². The number of urea groups is 1. The Morgan fingerprint density at radius 3 is 2.80 bits per heavy atom. The van der Waals surface area contributed by atoms with Gasteiger partial charge in [0.1, 0.15) is 5.84 Å². The molecule has 0 radical (unpaired) electrons. The molecule has 1 unspecified atom stereocenters. The van der Waals surface area contributed by atoms with Gasteiger partial charge >= 0.3 is 6.03 Å². The lowest BCUT2D eigenvalue weighted by molar-refractivity contribution is 0.124. The third kappa shape index (κ3) is 2.12. The van der Waals surface area contributed by atoms with Crippen LogP contribution in [0.1, 0.15) is 26.7 Å². The number of amidine groups is 1. The third-order valence-corrected chi connectivity index (χ3v) is 2.85. The summed E-state index contributed by atoms with van der Waals surface area (Å²) in [6, 6.07) is -0.250. The Morgan fingerprint density at radius 2 is 2.27 bits per heavy atom. The van der Waals surface area contributed by atoms with Crippen LogP contribution in [0, 0.1) is 0 Å². The van der Waals surface area contributed by atoms with Gasteiger partial charge in [0, 0.05) is 13.7 Å². The van der Waals surface area contributed by atoms with E-state index in [9.17, 15) is 4.79 Å². The molecule has 1 aliphatic rings. The van der Waals surface area contributed by atoms with Gasteiger partial charge < -0.3 is 15.4 Å². The molecule has 5 nitrogen and oxygen atoms in total. The molecule has 2 amide bonds. The summed E-state index contributed by atoms with van der Waals surface area (Å²) in [5.74, 6) is 0.422. The standard InChI is InChI=1S/C10H19N3O2/c1-4-5-10(2)8(11)12-9(14)13(10)6-7-15-3/h4-7H2,1-3H3,(H2,11,12,14). The smallest absolute Gasteiger partial charge is 0.346 e. The van der Waals surface area contributed by atoms with E-state index in [1.54, 1.807) is 12.0 Å². The van der Waals surface area contributed by atoms with Gasteiger partial charge in [0.25, 0.3) is 0 Å². The van der Waals surface area contributed by atoms with E-state index in [0.717, 1.165) is 12.8 Å². The Kier molecular flexibility index (Phi) is 3.68. The molecule has 0 saturated carbocycles. The van der Waals surface area contributed by atoms with Crippen LogP contribution in [0.2, 0.25) is 0 Å². The van der Waals surface area contributed by atoms with Gasteiger partial charge in [0.15, 0.2) is 0 Å². The van der Waals surface area contributed by atoms with Crippen LogP contribution in [-0.2, 0) is 4.74 Å². The molecule has 1 heterocycles. The molecule has 0 spiro atoms. The van der Waals surface area contributed by atoms with Crippen molar-refractivity contribution in [3.05, 3.63) is 0 Å². The largest absolute Gasteiger partial charge is 0.385 e. The van der Waals surface area contributed by atoms with Crippen LogP contribution in [0.15, 0.2) is 4.99 Å². The second kappa shape index (κ2) is 4.61. The van der Waals surface area contributed by atoms with Gasteiger partial charge in [-0.05, 0) is 13.3 Å². The Labute approximate surface area is 90.3 Å². The number of amides is 2. The number of nitrogens with zero attached hydrogens (tertiary/aromatic N) is 2. The predicted octanol–water partition coefficient (Wildman–Crippen LogP) is 0.984. The summed E-state index contributed by atoms with van der Waals surface area (Å²) in [7, 11) is 1.61. The Bertz CT molecular complexity index is 278. The first-order chi connectivity index (χ1) is 7.06. The maximum absolute atomic E-state index is 11.6. The molecule has 5 heteroatoms. The number of carbonyl (C=O) groups excluding carboxylic acids is 1. The second-order valence-electron chi connectivity index (χ2n) is 3.95. The summed E-state index contributed by atoms with van der Waals surface area (Å²) in [6.07, 6.45) is 1.79. The summed E-state index contributed by atoms with van der Waals surface area (Å²) in [4.78, 5) is 17.1. The number of carbonyl (C=O) groups is 1. The lowest BCUT2D eigenvalue weighted by Gasteiger charge is -2.34. The lowest BCUT2D eigenvalue weighted by atomic mass is 9.94. The van der Waals surface area contributed by atoms with Crippen molar-refractivity contribution in [2.75, 3.05) is 20.3 Å². The number of hydrogen-bond donors (Lipinski definition) is 1. The zero-order chi connectivity index (χ0) is 11.5. The third-order valence-electron chi connectivity index (χ3n) is 2.85. The number of nitrogens with two attached hydrogens (primary N) is 1. The van der Waals surface area contributed by atoms with Gasteiger partial charge in [-0.2, -0.15) is 4.99 Å². The number of hydrogen-bond acceptors (Lipinski definition) is 3. The van der Waals surface area contributed by atoms with Crippen LogP contribution < -0.4 is 5.73 Å². The molecule has 0 aromatic heterocycles. The molecule has 1 rings (SSSR count). The van der Waals surface area contributed by atoms with E-state index < -0.39 is 5.54 Å². The highest BCUT2D eigenvalue weighted by atomic mass is 16.5. The fourth-order valence-electron chi connectivity index (χ4n) is 1.91. The Hall–Kier alpha value is -1.10. The van der Waals surface area contributed by atoms with E-state index >= 15 is 0 Å². The van der Waals surface area contributed by atoms with Crippen molar-refractivity contribution < 1.29 is 9.53 Å². The first kappa shape index (κ1) is 12.0. The van der Waals surface area contributed by atoms with Gasteiger partial charge in [-0.3, -0.25) is 0 Å². The topological polar surface area (TPSA) is 67.9 Å². The molecular formula is C10H19N3O2. The summed E-state index contributed by atoms with van der Waals surface area (Å²) in [5.41, 5.74) is 5.37. The molecule has 0 aromatic rings. The zero-order valence-corrected chi connectivity index (χ0v) is 9.62. The molecular weight excluding hydrogens is 194 g/mol. The van der Waals surface area contributed by atoms with E-state index in [1.807, 2.05) is 6.92 Å². The highest BCUT2D eigenvalue weighted by molar-refractivity contribution is 6.05. The molecule has 2 N–H and O–H groups in total. The van der Waals surface area contributed by atoms with Crippen molar-refractivity contribution in [3.8, 4) is 0 Å². The SMILES string of the molecule is CCCC1(C)C(N)=NC(=O)N1CCOC. The average Bonchev–Trinajstić information content (AvgIpc) is 2.37. The van der Waals surface area contributed by atoms with Crippen LogP contribution >= 0.6 is 0 Å². The minimum Gasteiger partial charge on any atom is -0.385 e. The minimum absolute atomic E-state index is 0.250. The Balaban J connectivity index is 2.79. The maximum atomic E-state index is 11.6. The summed E-state index contributed by atoms with van der Waals surface area (Å²) < 4.78 is 4.97. The number of ether oxygens (including phenoxy) is 1. The molecule has 15 heavy (non-hydrogen) atoms. The molecule has 0 aliphatic carbocycles. The van der Waals surface area contributed by atoms with Crippen molar-refractivity contribution in [2.45, 2.75) is 32.2 Å². The number of aliphatic imine (C=N–C) groups is 1. The van der Waals surface area contributed by atoms with Crippen molar-refractivity contribution in [2.24, 2.45) is 10.7 Å². The van der Waals surface area contributed by atoms with Gasteiger partial charge in [0.2, 0.25) is 0 Å². The summed E-state index contributed by atoms with van der Waals surface area (Å²) in [6.45, 7) is 5.07. The first-order valence-corrected chi connectivity index (χ1v) is 5.21. The van der Waals surface area contributed by atoms with Crippen molar-refractivity contribution in [1.29, 1.82) is 0 Å². The fourth-order valence-corrected chi connectivity index (χ4v) is 1.91. The van der Waals surface area contributed by atoms with Gasteiger partial charge in [-0.15, -0.1) is 0 Å². The van der Waals surface area contributed by atoms with Crippen LogP contribution in [0.5, 0.6) is 0 Å². The lowest BCUT2D eigenvalue weighted by Crippen LogP contribution is -2.52. The molecule has 0 saturated heterocycles. The minimum atomic E-state index is -0.426. The van der Waals surface area contributed by atoms with Crippen molar-refractivity contribution in [3.63, 3.8) is 0 Å². The quantitative estimate of drug-likeness (QED) is 0.740. The first-order valence-electron chi connectivity index (χ1n) is 5.21. The van der Waals surface area contributed by atoms with E-state index in [2.05, 4.69) is 11.9 Å². The molecule has 1 aliphatic heterocycles. The van der Waals surface area contributed by atoms with Crippen molar-refractivity contribution >= 4 is 11.9 Å². The molecule has 86 valence electrons. The van der Waals surface area contributed by atoms with E-state index in [-0.39, 0.29) is 6.03 Å². The van der Waals surface area contributed by atoms with Crippen LogP contribution in [-0.4, -0.2) is 42.6 Å². The van der Waals surface area contributed by atoms with E-state index in [4.69, 9.17) is 10.5 Å². The van der Waals surface area contributed by atoms with E-state index in [1.165, 1.54) is 0 Å². The summed E-state index contributed by atoms with van der Waals surface area (Å²) in [5, 5.41) is 0. The monoisotopic (exact) mass is 213 g/mol. The average molecular weight is 213 g/mol.